The SMILES string of the molecule is CC(C)c1cc(F)c(F)c(C(F)(F)F)c1.CC(C)c1ccc(F)c(C(F)(F)F)c1.CC(C)c1cccc(C#N)c1.CC(C)c1cn(C)c2ccccc12.Cc1c(Br)cc(C(C)C)cc1Br.Cc1cc(C)cc(C(C)C)c1.Cc1cc(OCCN(C)C)cc(C(C)C)c1.Cc1cccc(C(C)C)c1. The Kier molecular flexibility index (Phi) is 38.5. The van der Waals surface area contributed by atoms with E-state index >= 15 is 0 Å². The first-order chi connectivity index (χ1) is 47.3. The summed E-state index contributed by atoms with van der Waals surface area (Å²) in [6.07, 6.45) is -7.25. The lowest BCUT2D eigenvalue weighted by molar-refractivity contribution is -0.141. The van der Waals surface area contributed by atoms with Gasteiger partial charge in [0.1, 0.15) is 18.2 Å². The smallest absolute Gasteiger partial charge is 0.419 e. The van der Waals surface area contributed by atoms with Gasteiger partial charge in [-0.1, -0.05) is 244 Å². The first kappa shape index (κ1) is 91.0. The predicted molar refractivity (Wildman–Crippen MR) is 418 cm³/mol. The molecule has 9 aromatic rings. The fraction of sp³-hybridized carbons (Fsp3) is 0.414. The number of hydrogen-bond acceptors (Lipinski definition) is 3. The fourth-order valence-corrected chi connectivity index (χ4v) is 11.2. The van der Waals surface area contributed by atoms with Gasteiger partial charge in [0.2, 0.25) is 0 Å². The topological polar surface area (TPSA) is 41.2 Å². The predicted octanol–water partition coefficient (Wildman–Crippen LogP) is 28.3. The van der Waals surface area contributed by atoms with E-state index in [-0.39, 0.29) is 17.4 Å². The minimum atomic E-state index is -4.87. The van der Waals surface area contributed by atoms with Gasteiger partial charge >= 0.3 is 12.4 Å². The van der Waals surface area contributed by atoms with E-state index in [9.17, 15) is 39.5 Å². The zero-order valence-corrected chi connectivity index (χ0v) is 67.6. The summed E-state index contributed by atoms with van der Waals surface area (Å²) in [6, 6.07) is 49.2. The van der Waals surface area contributed by atoms with Crippen molar-refractivity contribution in [1.82, 2.24) is 9.47 Å². The van der Waals surface area contributed by atoms with E-state index in [2.05, 4.69) is 290 Å². The van der Waals surface area contributed by atoms with Crippen LogP contribution in [0.5, 0.6) is 5.75 Å². The summed E-state index contributed by atoms with van der Waals surface area (Å²) in [5.74, 6) is -0.331. The molecule has 9 rings (SSSR count). The number of para-hydroxylation sites is 1. The first-order valence-electron chi connectivity index (χ1n) is 34.8. The van der Waals surface area contributed by atoms with E-state index in [0.29, 0.717) is 47.1 Å². The van der Waals surface area contributed by atoms with Crippen LogP contribution in [0.2, 0.25) is 0 Å². The fourth-order valence-electron chi connectivity index (χ4n) is 9.98. The second-order valence-corrected chi connectivity index (χ2v) is 30.2. The van der Waals surface area contributed by atoms with Crippen LogP contribution < -0.4 is 4.74 Å². The number of halogens is 11. The average Bonchev–Trinajstić information content (AvgIpc) is 1.61. The van der Waals surface area contributed by atoms with Crippen LogP contribution in [-0.2, 0) is 19.4 Å². The molecule has 0 N–H and O–H groups in total. The Labute approximate surface area is 622 Å². The molecule has 1 heterocycles. The average molecular weight is 1540 g/mol. The molecule has 0 saturated carbocycles. The van der Waals surface area contributed by atoms with Crippen molar-refractivity contribution in [3.63, 3.8) is 0 Å². The third-order valence-corrected chi connectivity index (χ3v) is 18.0. The van der Waals surface area contributed by atoms with E-state index < -0.39 is 40.9 Å². The van der Waals surface area contributed by atoms with Gasteiger partial charge in [-0.25, -0.2) is 13.2 Å². The summed E-state index contributed by atoms with van der Waals surface area (Å²) >= 11 is 7.07. The molecule has 0 atom stereocenters. The molecule has 0 aliphatic carbocycles. The number of hydrogen-bond donors (Lipinski definition) is 0. The molecule has 1 aromatic heterocycles. The minimum absolute atomic E-state index is 0.0447. The molecular weight excluding hydrogens is 1430 g/mol. The van der Waals surface area contributed by atoms with Gasteiger partial charge in [-0.3, -0.25) is 0 Å². The number of alkyl halides is 6. The lowest BCUT2D eigenvalue weighted by Gasteiger charge is -2.13. The van der Waals surface area contributed by atoms with Crippen molar-refractivity contribution in [2.24, 2.45) is 7.05 Å². The molecule has 8 aromatic carbocycles. The third-order valence-electron chi connectivity index (χ3n) is 16.4. The third kappa shape index (κ3) is 31.9. The minimum Gasteiger partial charge on any atom is -0.492 e. The molecular formula is C87H110Br2F9N3O. The summed E-state index contributed by atoms with van der Waals surface area (Å²) in [6.45, 7) is 45.5. The normalized spacial score (nSPS) is 11.2. The largest absolute Gasteiger partial charge is 0.492 e. The summed E-state index contributed by atoms with van der Waals surface area (Å²) in [5.41, 5.74) is 14.8. The molecule has 0 saturated heterocycles. The summed E-state index contributed by atoms with van der Waals surface area (Å²) in [7, 11) is 6.21. The van der Waals surface area contributed by atoms with Gasteiger partial charge < -0.3 is 14.2 Å². The number of aryl methyl sites for hydroxylation is 5. The molecule has 0 spiro atoms. The molecule has 0 fully saturated rings. The van der Waals surface area contributed by atoms with E-state index in [1.165, 1.54) is 87.1 Å². The van der Waals surface area contributed by atoms with Crippen LogP contribution in [0.1, 0.15) is 247 Å². The van der Waals surface area contributed by atoms with Gasteiger partial charge in [0.15, 0.2) is 11.6 Å². The molecule has 0 aliphatic rings. The van der Waals surface area contributed by atoms with E-state index in [1.807, 2.05) is 24.3 Å². The second kappa shape index (κ2) is 43.2. The Hall–Kier alpha value is -7.12. The van der Waals surface area contributed by atoms with Crippen LogP contribution >= 0.6 is 31.9 Å². The van der Waals surface area contributed by atoms with Crippen molar-refractivity contribution in [3.05, 3.63) is 273 Å². The van der Waals surface area contributed by atoms with Crippen LogP contribution in [0.3, 0.4) is 0 Å². The number of nitrogens with zero attached hydrogens (tertiary/aromatic N) is 3. The maximum atomic E-state index is 12.9. The number of likely N-dealkylation sites (N-methyl/N-ethyl adjacent to an activating group) is 1. The first-order valence-corrected chi connectivity index (χ1v) is 36.3. The Morgan fingerprint density at radius 1 is 0.441 bits per heavy atom. The van der Waals surface area contributed by atoms with Crippen LogP contribution in [0.4, 0.5) is 39.5 Å². The van der Waals surface area contributed by atoms with E-state index in [1.54, 1.807) is 27.7 Å². The molecule has 0 radical (unpaired) electrons. The van der Waals surface area contributed by atoms with E-state index in [0.717, 1.165) is 42.7 Å². The van der Waals surface area contributed by atoms with Gasteiger partial charge in [-0.15, -0.1) is 0 Å². The van der Waals surface area contributed by atoms with Crippen LogP contribution in [-0.4, -0.2) is 36.7 Å². The van der Waals surface area contributed by atoms with Gasteiger partial charge in [0, 0.05) is 39.6 Å². The Bertz CT molecular complexity index is 4010. The van der Waals surface area contributed by atoms with Crippen molar-refractivity contribution >= 4 is 42.8 Å². The van der Waals surface area contributed by atoms with Gasteiger partial charge in [0.05, 0.1) is 22.8 Å². The van der Waals surface area contributed by atoms with Gasteiger partial charge in [-0.2, -0.15) is 31.6 Å². The van der Waals surface area contributed by atoms with E-state index in [4.69, 9.17) is 10.00 Å². The molecule has 556 valence electrons. The van der Waals surface area contributed by atoms with Gasteiger partial charge in [-0.05, 0) is 218 Å². The summed E-state index contributed by atoms with van der Waals surface area (Å²) in [4.78, 5) is 2.12. The highest BCUT2D eigenvalue weighted by atomic mass is 79.9. The number of rotatable bonds is 12. The maximum Gasteiger partial charge on any atom is 0.419 e. The monoisotopic (exact) mass is 1540 g/mol. The van der Waals surface area contributed by atoms with Crippen molar-refractivity contribution < 1.29 is 44.3 Å². The number of nitriles is 1. The van der Waals surface area contributed by atoms with Crippen molar-refractivity contribution in [2.45, 2.75) is 205 Å². The number of ether oxygens (including phenoxy) is 1. The maximum absolute atomic E-state index is 12.9. The Morgan fingerprint density at radius 2 is 0.863 bits per heavy atom. The van der Waals surface area contributed by atoms with Crippen molar-refractivity contribution in [1.29, 1.82) is 5.26 Å². The molecule has 102 heavy (non-hydrogen) atoms. The number of fused-ring (bicyclic) bond motifs is 1. The molecule has 0 bridgehead atoms. The highest BCUT2D eigenvalue weighted by Crippen LogP contribution is 2.36. The lowest BCUT2D eigenvalue weighted by atomic mass is 9.99. The lowest BCUT2D eigenvalue weighted by Crippen LogP contribution is -2.19. The Balaban J connectivity index is 0.000000398. The van der Waals surface area contributed by atoms with Crippen molar-refractivity contribution in [3.8, 4) is 11.8 Å². The van der Waals surface area contributed by atoms with Crippen molar-refractivity contribution in [2.75, 3.05) is 27.2 Å². The molecule has 0 aliphatic heterocycles. The number of aromatic nitrogens is 1. The van der Waals surface area contributed by atoms with Crippen LogP contribution in [0.15, 0.2) is 167 Å². The van der Waals surface area contributed by atoms with Crippen LogP contribution in [0, 0.1) is 63.4 Å². The van der Waals surface area contributed by atoms with Gasteiger partial charge in [0.25, 0.3) is 0 Å². The highest BCUT2D eigenvalue weighted by Gasteiger charge is 2.36. The second-order valence-electron chi connectivity index (χ2n) is 28.5. The van der Waals surface area contributed by atoms with Crippen LogP contribution in [0.25, 0.3) is 10.9 Å². The number of benzene rings is 8. The molecule has 0 amide bonds. The highest BCUT2D eigenvalue weighted by molar-refractivity contribution is 9.11. The summed E-state index contributed by atoms with van der Waals surface area (Å²) < 4.78 is 122. The molecule has 15 heteroatoms. The molecule has 0 unspecified atom stereocenters. The Morgan fingerprint density at radius 3 is 1.31 bits per heavy atom. The zero-order chi connectivity index (χ0) is 77.8. The summed E-state index contributed by atoms with van der Waals surface area (Å²) in [5, 5.41) is 9.98. The zero-order valence-electron chi connectivity index (χ0n) is 64.5. The molecule has 4 nitrogen and oxygen atoms in total. The quantitative estimate of drug-likeness (QED) is 0.115. The standard InChI is InChI=1S/C14H23NO.C12H15N.C11H16.C10H12Br2.C10H9F5.C10H10F4.C10H11N.C10H14/c1-11(2)13-8-12(3)9-14(10-13)16-7-6-15(4)5;1-9(2)11-8-13(3)12-7-5-4-6-10(11)12;1-8(2)11-6-9(3)5-10(4)7-11;1-6(2)8-4-9(11)7(3)10(12)5-8;1-5(2)6-3-7(10(13,14)15)9(12)8(11)4-6;1-6(2)7-3-4-9(11)8(5-7)10(12,13)14;1-8(2)10-5-3-4-9(6-10)7-11;1-8(2)10-6-4-5-9(3)7-10/h8-11H,6-7H2,1-5H3;4-9H,1-3H3;5-8H,1-4H3;4-6H,1-3H3;3-5H,1-2H3;3-6H,1-2H3;3-6,8H,1-2H3;4-8H,1-3H3.